The lowest BCUT2D eigenvalue weighted by atomic mass is 10.2. The number of hydrogen-bond acceptors (Lipinski definition) is 5. The molecule has 2 aromatic rings. The van der Waals surface area contributed by atoms with Gasteiger partial charge < -0.3 is 9.47 Å². The van der Waals surface area contributed by atoms with Crippen molar-refractivity contribution in [2.75, 3.05) is 13.7 Å². The van der Waals surface area contributed by atoms with Gasteiger partial charge in [0.05, 0.1) is 19.3 Å². The summed E-state index contributed by atoms with van der Waals surface area (Å²) in [5.74, 6) is 0.0261. The number of benzene rings is 1. The summed E-state index contributed by atoms with van der Waals surface area (Å²) in [4.78, 5) is 11.8. The predicted molar refractivity (Wildman–Crippen MR) is 72.6 cm³/mol. The average molecular weight is 298 g/mol. The fourth-order valence-corrected chi connectivity index (χ4v) is 1.67. The molecule has 0 spiro atoms. The largest absolute Gasteiger partial charge is 0.497 e. The Morgan fingerprint density at radius 3 is 2.70 bits per heavy atom. The van der Waals surface area contributed by atoms with Crippen LogP contribution in [-0.4, -0.2) is 28.7 Å². The van der Waals surface area contributed by atoms with Gasteiger partial charge in [-0.25, -0.2) is 4.39 Å². The highest BCUT2D eigenvalue weighted by Crippen LogP contribution is 2.25. The highest BCUT2D eigenvalue weighted by Gasteiger charge is 2.13. The Kier molecular flexibility index (Phi) is 4.68. The molecule has 0 aliphatic heterocycles. The van der Waals surface area contributed by atoms with Gasteiger partial charge in [-0.05, 0) is 30.2 Å². The SMILES string of the molecule is CCCOc1nc(Cl)nc(-c2ccc(OC)cc2F)n1. The number of halogens is 2. The van der Waals surface area contributed by atoms with Gasteiger partial charge in [0, 0.05) is 6.07 Å². The second-order valence-corrected chi connectivity index (χ2v) is 4.24. The van der Waals surface area contributed by atoms with Crippen molar-refractivity contribution in [3.05, 3.63) is 29.3 Å². The van der Waals surface area contributed by atoms with Crippen molar-refractivity contribution < 1.29 is 13.9 Å². The molecule has 1 heterocycles. The Labute approximate surface area is 120 Å². The van der Waals surface area contributed by atoms with E-state index in [-0.39, 0.29) is 22.7 Å². The number of methoxy groups -OCH3 is 1. The molecule has 1 aromatic heterocycles. The third kappa shape index (κ3) is 3.33. The molecule has 5 nitrogen and oxygen atoms in total. The first-order valence-corrected chi connectivity index (χ1v) is 6.40. The van der Waals surface area contributed by atoms with Gasteiger partial charge in [0.15, 0.2) is 5.82 Å². The maximum atomic E-state index is 14.0. The summed E-state index contributed by atoms with van der Waals surface area (Å²) < 4.78 is 24.2. The third-order valence-electron chi connectivity index (χ3n) is 2.44. The first-order chi connectivity index (χ1) is 9.63. The lowest BCUT2D eigenvalue weighted by molar-refractivity contribution is 0.291. The third-order valence-corrected chi connectivity index (χ3v) is 2.61. The monoisotopic (exact) mass is 297 g/mol. The maximum absolute atomic E-state index is 14.0. The van der Waals surface area contributed by atoms with Gasteiger partial charge in [-0.1, -0.05) is 6.92 Å². The highest BCUT2D eigenvalue weighted by atomic mass is 35.5. The molecule has 0 atom stereocenters. The van der Waals surface area contributed by atoms with Gasteiger partial charge >= 0.3 is 6.01 Å². The minimum atomic E-state index is -0.506. The zero-order valence-electron chi connectivity index (χ0n) is 11.1. The molecule has 0 amide bonds. The first kappa shape index (κ1) is 14.5. The van der Waals surface area contributed by atoms with Crippen molar-refractivity contribution in [3.63, 3.8) is 0 Å². The van der Waals surface area contributed by atoms with E-state index in [1.165, 1.54) is 19.2 Å². The van der Waals surface area contributed by atoms with E-state index in [4.69, 9.17) is 21.1 Å². The number of hydrogen-bond donors (Lipinski definition) is 0. The van der Waals surface area contributed by atoms with E-state index >= 15 is 0 Å². The van der Waals surface area contributed by atoms with E-state index in [0.29, 0.717) is 12.4 Å². The van der Waals surface area contributed by atoms with Crippen LogP contribution in [0.2, 0.25) is 5.28 Å². The summed E-state index contributed by atoms with van der Waals surface area (Å²) in [7, 11) is 1.46. The number of rotatable bonds is 5. The minimum absolute atomic E-state index is 0.0451. The Bertz CT molecular complexity index is 610. The summed E-state index contributed by atoms with van der Waals surface area (Å²) in [6, 6.07) is 4.46. The second-order valence-electron chi connectivity index (χ2n) is 3.90. The molecule has 2 rings (SSSR count). The molecule has 20 heavy (non-hydrogen) atoms. The van der Waals surface area contributed by atoms with Crippen molar-refractivity contribution in [3.8, 4) is 23.1 Å². The summed E-state index contributed by atoms with van der Waals surface area (Å²) >= 11 is 5.80. The molecule has 0 aliphatic carbocycles. The van der Waals surface area contributed by atoms with E-state index in [0.717, 1.165) is 6.42 Å². The van der Waals surface area contributed by atoms with Crippen LogP contribution >= 0.6 is 11.6 Å². The molecule has 0 saturated carbocycles. The van der Waals surface area contributed by atoms with Crippen LogP contribution in [0.25, 0.3) is 11.4 Å². The molecule has 0 unspecified atom stereocenters. The molecule has 0 bridgehead atoms. The second kappa shape index (κ2) is 6.47. The minimum Gasteiger partial charge on any atom is -0.497 e. The fourth-order valence-electron chi connectivity index (χ4n) is 1.51. The molecular weight excluding hydrogens is 285 g/mol. The summed E-state index contributed by atoms with van der Waals surface area (Å²) in [6.45, 7) is 2.40. The van der Waals surface area contributed by atoms with Gasteiger partial charge in [0.25, 0.3) is 0 Å². The molecule has 0 fully saturated rings. The molecule has 0 radical (unpaired) electrons. The van der Waals surface area contributed by atoms with E-state index < -0.39 is 5.82 Å². The topological polar surface area (TPSA) is 57.1 Å². The predicted octanol–water partition coefficient (Wildman–Crippen LogP) is 3.13. The van der Waals surface area contributed by atoms with Gasteiger partial charge in [-0.15, -0.1) is 0 Å². The Hall–Kier alpha value is -1.95. The number of nitrogens with zero attached hydrogens (tertiary/aromatic N) is 3. The lowest BCUT2D eigenvalue weighted by Crippen LogP contribution is -2.03. The van der Waals surface area contributed by atoms with Crippen LogP contribution in [0, 0.1) is 5.82 Å². The number of aromatic nitrogens is 3. The van der Waals surface area contributed by atoms with Gasteiger partial charge in [0.2, 0.25) is 5.28 Å². The fraction of sp³-hybridized carbons (Fsp3) is 0.308. The lowest BCUT2D eigenvalue weighted by Gasteiger charge is -2.07. The van der Waals surface area contributed by atoms with E-state index in [2.05, 4.69) is 15.0 Å². The molecule has 0 saturated heterocycles. The average Bonchev–Trinajstić information content (AvgIpc) is 2.44. The quantitative estimate of drug-likeness (QED) is 0.848. The molecule has 7 heteroatoms. The molecule has 106 valence electrons. The summed E-state index contributed by atoms with van der Waals surface area (Å²) in [5.41, 5.74) is 0.205. The highest BCUT2D eigenvalue weighted by molar-refractivity contribution is 6.28. The molecule has 0 aliphatic rings. The van der Waals surface area contributed by atoms with Crippen LogP contribution in [-0.2, 0) is 0 Å². The van der Waals surface area contributed by atoms with Crippen LogP contribution in [0.5, 0.6) is 11.8 Å². The van der Waals surface area contributed by atoms with Crippen molar-refractivity contribution in [2.45, 2.75) is 13.3 Å². The van der Waals surface area contributed by atoms with Crippen LogP contribution in [0.4, 0.5) is 4.39 Å². The first-order valence-electron chi connectivity index (χ1n) is 6.02. The van der Waals surface area contributed by atoms with Crippen molar-refractivity contribution in [1.82, 2.24) is 15.0 Å². The van der Waals surface area contributed by atoms with Crippen LogP contribution in [0.1, 0.15) is 13.3 Å². The number of ether oxygens (including phenoxy) is 2. The van der Waals surface area contributed by atoms with E-state index in [1.54, 1.807) is 6.07 Å². The van der Waals surface area contributed by atoms with Crippen LogP contribution < -0.4 is 9.47 Å². The zero-order chi connectivity index (χ0) is 14.5. The maximum Gasteiger partial charge on any atom is 0.321 e. The van der Waals surface area contributed by atoms with E-state index in [1.807, 2.05) is 6.92 Å². The van der Waals surface area contributed by atoms with Gasteiger partial charge in [-0.3, -0.25) is 0 Å². The van der Waals surface area contributed by atoms with Crippen molar-refractivity contribution in [2.24, 2.45) is 0 Å². The van der Waals surface area contributed by atoms with Gasteiger partial charge in [-0.2, -0.15) is 15.0 Å². The van der Waals surface area contributed by atoms with E-state index in [9.17, 15) is 4.39 Å². The molecule has 0 N–H and O–H groups in total. The Morgan fingerprint density at radius 1 is 1.25 bits per heavy atom. The molecular formula is C13H13ClFN3O2. The Morgan fingerprint density at radius 2 is 2.05 bits per heavy atom. The zero-order valence-corrected chi connectivity index (χ0v) is 11.8. The normalized spacial score (nSPS) is 10.4. The summed E-state index contributed by atoms with van der Waals surface area (Å²) in [5, 5.41) is -0.0451. The van der Waals surface area contributed by atoms with Crippen molar-refractivity contribution >= 4 is 11.6 Å². The van der Waals surface area contributed by atoms with Crippen LogP contribution in [0.15, 0.2) is 18.2 Å². The standard InChI is InChI=1S/C13H13ClFN3O2/c1-3-6-20-13-17-11(16-12(14)18-13)9-5-4-8(19-2)7-10(9)15/h4-5,7H,3,6H2,1-2H3. The van der Waals surface area contributed by atoms with Crippen molar-refractivity contribution in [1.29, 1.82) is 0 Å². The smallest absolute Gasteiger partial charge is 0.321 e. The Balaban J connectivity index is 2.39. The van der Waals surface area contributed by atoms with Gasteiger partial charge in [0.1, 0.15) is 11.6 Å². The molecule has 1 aromatic carbocycles. The summed E-state index contributed by atoms with van der Waals surface area (Å²) in [6.07, 6.45) is 0.801. The van der Waals surface area contributed by atoms with Crippen LogP contribution in [0.3, 0.4) is 0 Å².